The average molecular weight is 421 g/mol. The number of nitrogens with zero attached hydrogens (tertiary/aromatic N) is 2. The van der Waals surface area contributed by atoms with E-state index in [1.54, 1.807) is 11.0 Å². The molecule has 1 aliphatic heterocycles. The molecule has 1 saturated heterocycles. The van der Waals surface area contributed by atoms with Crippen molar-refractivity contribution in [2.45, 2.75) is 13.5 Å². The molecule has 0 radical (unpaired) electrons. The number of piperazine rings is 1. The molecular formula is C20H22BrFN2O2. The van der Waals surface area contributed by atoms with E-state index in [0.717, 1.165) is 25.4 Å². The van der Waals surface area contributed by atoms with Crippen LogP contribution in [0.25, 0.3) is 0 Å². The van der Waals surface area contributed by atoms with Gasteiger partial charge in [-0.15, -0.1) is 0 Å². The minimum Gasteiger partial charge on any atom is -0.494 e. The minimum atomic E-state index is -0.485. The molecule has 3 rings (SSSR count). The Morgan fingerprint density at radius 2 is 1.81 bits per heavy atom. The lowest BCUT2D eigenvalue weighted by atomic mass is 10.1. The number of benzene rings is 2. The number of amides is 1. The monoisotopic (exact) mass is 420 g/mol. The van der Waals surface area contributed by atoms with Crippen molar-refractivity contribution in [2.75, 3.05) is 32.8 Å². The molecule has 138 valence electrons. The van der Waals surface area contributed by atoms with E-state index in [2.05, 4.69) is 33.0 Å². The van der Waals surface area contributed by atoms with Crippen LogP contribution in [0.5, 0.6) is 5.75 Å². The first-order chi connectivity index (χ1) is 12.6. The Morgan fingerprint density at radius 1 is 1.12 bits per heavy atom. The van der Waals surface area contributed by atoms with E-state index in [-0.39, 0.29) is 11.5 Å². The summed E-state index contributed by atoms with van der Waals surface area (Å²) in [7, 11) is 0. The van der Waals surface area contributed by atoms with Crippen molar-refractivity contribution < 1.29 is 13.9 Å². The lowest BCUT2D eigenvalue weighted by Crippen LogP contribution is -2.48. The summed E-state index contributed by atoms with van der Waals surface area (Å²) in [5.41, 5.74) is 1.35. The van der Waals surface area contributed by atoms with E-state index in [1.165, 1.54) is 17.7 Å². The largest absolute Gasteiger partial charge is 0.494 e. The van der Waals surface area contributed by atoms with Crippen LogP contribution in [-0.2, 0) is 6.54 Å². The van der Waals surface area contributed by atoms with Crippen LogP contribution in [0.3, 0.4) is 0 Å². The Kier molecular flexibility index (Phi) is 6.27. The molecule has 1 aliphatic rings. The Hall–Kier alpha value is -1.92. The van der Waals surface area contributed by atoms with Crippen LogP contribution in [0.4, 0.5) is 4.39 Å². The van der Waals surface area contributed by atoms with Gasteiger partial charge in [-0.1, -0.05) is 28.1 Å². The SMILES string of the molecule is CCOc1ccc(CN2CCN(C(=O)c3ccc(Br)cc3F)CC2)cc1. The molecule has 0 unspecified atom stereocenters. The first-order valence-electron chi connectivity index (χ1n) is 8.75. The van der Waals surface area contributed by atoms with Gasteiger partial charge in [-0.2, -0.15) is 0 Å². The summed E-state index contributed by atoms with van der Waals surface area (Å²) in [5.74, 6) is 0.153. The molecule has 26 heavy (non-hydrogen) atoms. The van der Waals surface area contributed by atoms with Gasteiger partial charge < -0.3 is 9.64 Å². The molecule has 0 saturated carbocycles. The third kappa shape index (κ3) is 4.62. The summed E-state index contributed by atoms with van der Waals surface area (Å²) in [5, 5.41) is 0. The quantitative estimate of drug-likeness (QED) is 0.733. The lowest BCUT2D eigenvalue weighted by Gasteiger charge is -2.34. The van der Waals surface area contributed by atoms with Crippen molar-refractivity contribution in [2.24, 2.45) is 0 Å². The first kappa shape index (κ1) is 18.9. The topological polar surface area (TPSA) is 32.8 Å². The maximum Gasteiger partial charge on any atom is 0.256 e. The van der Waals surface area contributed by atoms with Gasteiger partial charge in [-0.3, -0.25) is 9.69 Å². The van der Waals surface area contributed by atoms with Gasteiger partial charge in [0.15, 0.2) is 0 Å². The molecule has 2 aromatic rings. The van der Waals surface area contributed by atoms with Crippen molar-refractivity contribution >= 4 is 21.8 Å². The van der Waals surface area contributed by atoms with Gasteiger partial charge in [-0.25, -0.2) is 4.39 Å². The predicted octanol–water partition coefficient (Wildman–Crippen LogP) is 3.94. The molecule has 6 heteroatoms. The number of hydrogen-bond donors (Lipinski definition) is 0. The van der Waals surface area contributed by atoms with Gasteiger partial charge in [0, 0.05) is 37.2 Å². The van der Waals surface area contributed by atoms with Crippen LogP contribution >= 0.6 is 15.9 Å². The number of halogens is 2. The summed E-state index contributed by atoms with van der Waals surface area (Å²) >= 11 is 3.21. The average Bonchev–Trinajstić information content (AvgIpc) is 2.64. The molecule has 0 atom stereocenters. The molecule has 0 bridgehead atoms. The van der Waals surface area contributed by atoms with E-state index in [9.17, 15) is 9.18 Å². The van der Waals surface area contributed by atoms with E-state index in [1.807, 2.05) is 19.1 Å². The van der Waals surface area contributed by atoms with Gasteiger partial charge >= 0.3 is 0 Å². The molecule has 1 fully saturated rings. The Balaban J connectivity index is 1.54. The Morgan fingerprint density at radius 3 is 2.42 bits per heavy atom. The van der Waals surface area contributed by atoms with Crippen molar-refractivity contribution in [3.8, 4) is 5.75 Å². The molecule has 0 spiro atoms. The van der Waals surface area contributed by atoms with Gasteiger partial charge in [0.05, 0.1) is 12.2 Å². The third-order valence-electron chi connectivity index (χ3n) is 4.46. The van der Waals surface area contributed by atoms with Crippen LogP contribution in [0, 0.1) is 5.82 Å². The highest BCUT2D eigenvalue weighted by molar-refractivity contribution is 9.10. The summed E-state index contributed by atoms with van der Waals surface area (Å²) in [6.45, 7) is 6.22. The second kappa shape index (κ2) is 8.64. The number of rotatable bonds is 5. The number of carbonyl (C=O) groups excluding carboxylic acids is 1. The Labute approximate surface area is 161 Å². The molecule has 1 heterocycles. The van der Waals surface area contributed by atoms with Gasteiger partial charge in [0.25, 0.3) is 5.91 Å². The van der Waals surface area contributed by atoms with E-state index in [0.29, 0.717) is 24.2 Å². The van der Waals surface area contributed by atoms with Crippen molar-refractivity contribution in [3.05, 3.63) is 63.9 Å². The van der Waals surface area contributed by atoms with Crippen LogP contribution in [0.15, 0.2) is 46.9 Å². The zero-order chi connectivity index (χ0) is 18.5. The van der Waals surface area contributed by atoms with Crippen molar-refractivity contribution in [3.63, 3.8) is 0 Å². The van der Waals surface area contributed by atoms with Gasteiger partial charge in [0.2, 0.25) is 0 Å². The maximum absolute atomic E-state index is 14.0. The van der Waals surface area contributed by atoms with Crippen LogP contribution < -0.4 is 4.74 Å². The van der Waals surface area contributed by atoms with Crippen molar-refractivity contribution in [1.82, 2.24) is 9.80 Å². The summed E-state index contributed by atoms with van der Waals surface area (Å²) in [6, 6.07) is 12.7. The number of carbonyl (C=O) groups is 1. The van der Waals surface area contributed by atoms with Crippen LogP contribution in [0.1, 0.15) is 22.8 Å². The van der Waals surface area contributed by atoms with E-state index < -0.39 is 5.82 Å². The Bertz CT molecular complexity index is 759. The van der Waals surface area contributed by atoms with E-state index >= 15 is 0 Å². The van der Waals surface area contributed by atoms with Gasteiger partial charge in [0.1, 0.15) is 11.6 Å². The number of ether oxygens (including phenoxy) is 1. The smallest absolute Gasteiger partial charge is 0.256 e. The van der Waals surface area contributed by atoms with E-state index in [4.69, 9.17) is 4.74 Å². The number of hydrogen-bond acceptors (Lipinski definition) is 3. The highest BCUT2D eigenvalue weighted by atomic mass is 79.9. The van der Waals surface area contributed by atoms with Crippen molar-refractivity contribution in [1.29, 1.82) is 0 Å². The lowest BCUT2D eigenvalue weighted by molar-refractivity contribution is 0.0624. The first-order valence-corrected chi connectivity index (χ1v) is 9.54. The zero-order valence-electron chi connectivity index (χ0n) is 14.8. The fourth-order valence-corrected chi connectivity index (χ4v) is 3.39. The summed E-state index contributed by atoms with van der Waals surface area (Å²) in [4.78, 5) is 16.6. The molecule has 0 N–H and O–H groups in total. The standard InChI is InChI=1S/C20H22BrFN2O2/c1-2-26-17-6-3-15(4-7-17)14-23-9-11-24(12-10-23)20(25)18-8-5-16(21)13-19(18)22/h3-8,13H,2,9-12,14H2,1H3. The van der Waals surface area contributed by atoms with Gasteiger partial charge in [-0.05, 0) is 42.8 Å². The zero-order valence-corrected chi connectivity index (χ0v) is 16.3. The highest BCUT2D eigenvalue weighted by Crippen LogP contribution is 2.19. The molecule has 2 aromatic carbocycles. The molecular weight excluding hydrogens is 399 g/mol. The second-order valence-corrected chi connectivity index (χ2v) is 7.19. The molecule has 1 amide bonds. The predicted molar refractivity (Wildman–Crippen MR) is 103 cm³/mol. The summed E-state index contributed by atoms with van der Waals surface area (Å²) in [6.07, 6.45) is 0. The molecule has 0 aliphatic carbocycles. The highest BCUT2D eigenvalue weighted by Gasteiger charge is 2.24. The van der Waals surface area contributed by atoms with Crippen LogP contribution in [-0.4, -0.2) is 48.5 Å². The third-order valence-corrected chi connectivity index (χ3v) is 4.95. The summed E-state index contributed by atoms with van der Waals surface area (Å²) < 4.78 is 20.1. The molecule has 0 aromatic heterocycles. The fraction of sp³-hybridized carbons (Fsp3) is 0.350. The fourth-order valence-electron chi connectivity index (χ4n) is 3.06. The van der Waals surface area contributed by atoms with Crippen LogP contribution in [0.2, 0.25) is 0 Å². The minimum absolute atomic E-state index is 0.133. The normalized spacial score (nSPS) is 15.1. The maximum atomic E-state index is 14.0. The second-order valence-electron chi connectivity index (χ2n) is 6.27. The molecule has 4 nitrogen and oxygen atoms in total.